The molecule has 2 amide bonds. The number of ether oxygens (including phenoxy) is 1. The minimum Gasteiger partial charge on any atom is -0.495 e. The van der Waals surface area contributed by atoms with Crippen LogP contribution in [0.4, 0.5) is 17.5 Å². The summed E-state index contributed by atoms with van der Waals surface area (Å²) in [6.07, 6.45) is 10.1. The lowest BCUT2D eigenvalue weighted by atomic mass is 9.90. The quantitative estimate of drug-likeness (QED) is 0.365. The summed E-state index contributed by atoms with van der Waals surface area (Å²) >= 11 is 6.42. The minimum atomic E-state index is -0.0971. The van der Waals surface area contributed by atoms with Crippen molar-refractivity contribution in [3.05, 3.63) is 35.0 Å². The summed E-state index contributed by atoms with van der Waals surface area (Å²) in [4.78, 5) is 36.1. The van der Waals surface area contributed by atoms with Gasteiger partial charge in [-0.05, 0) is 56.7 Å². The summed E-state index contributed by atoms with van der Waals surface area (Å²) in [6.45, 7) is 3.63. The summed E-state index contributed by atoms with van der Waals surface area (Å²) in [5.41, 5.74) is 1.18. The first-order chi connectivity index (χ1) is 18.9. The zero-order chi connectivity index (χ0) is 27.4. The van der Waals surface area contributed by atoms with Crippen LogP contribution in [0.2, 0.25) is 5.02 Å². The normalized spacial score (nSPS) is 22.1. The van der Waals surface area contributed by atoms with Crippen LogP contribution in [0.3, 0.4) is 0 Å². The molecule has 39 heavy (non-hydrogen) atoms. The molecule has 2 aromatic rings. The SMILES string of the molecule is COc1cc(C(=O)NC2CCN(C3CC3)CC2)ccc1Nc1ncc(Cl)c(N[C@@H]2CCCC[C@H]2NC(C)=O)n1. The summed E-state index contributed by atoms with van der Waals surface area (Å²) < 4.78 is 5.59. The molecular weight excluding hydrogens is 518 g/mol. The Hall–Kier alpha value is -3.11. The topological polar surface area (TPSA) is 121 Å². The number of nitrogens with zero attached hydrogens (tertiary/aromatic N) is 3. The number of piperidine rings is 1. The van der Waals surface area contributed by atoms with Crippen molar-refractivity contribution in [2.75, 3.05) is 30.8 Å². The van der Waals surface area contributed by atoms with Gasteiger partial charge in [0.1, 0.15) is 10.8 Å². The number of methoxy groups -OCH3 is 1. The van der Waals surface area contributed by atoms with Crippen LogP contribution in [0.5, 0.6) is 5.75 Å². The second kappa shape index (κ2) is 12.4. The van der Waals surface area contributed by atoms with Gasteiger partial charge in [-0.1, -0.05) is 24.4 Å². The van der Waals surface area contributed by atoms with E-state index in [1.165, 1.54) is 26.0 Å². The standard InChI is InChI=1S/C28H38ClN7O3/c1-17(37)31-22-5-3-4-6-23(22)33-26-21(29)16-30-28(35-26)34-24-10-7-18(15-25(24)39-2)27(38)32-19-11-13-36(14-12-19)20-8-9-20/h7,10,15-16,19-20,22-23H,3-6,8-9,11-14H2,1-2H3,(H,31,37)(H,32,38)(H2,30,33,34,35)/t22-,23-/m1/s1. The zero-order valence-electron chi connectivity index (χ0n) is 22.6. The highest BCUT2D eigenvalue weighted by Gasteiger charge is 2.32. The number of hydrogen-bond acceptors (Lipinski definition) is 8. The van der Waals surface area contributed by atoms with Crippen molar-refractivity contribution in [3.63, 3.8) is 0 Å². The number of anilines is 3. The Kier molecular flexibility index (Phi) is 8.72. The number of rotatable bonds is 9. The van der Waals surface area contributed by atoms with Crippen LogP contribution in [-0.4, -0.2) is 71.0 Å². The highest BCUT2D eigenvalue weighted by atomic mass is 35.5. The van der Waals surface area contributed by atoms with Gasteiger partial charge in [0, 0.05) is 49.7 Å². The van der Waals surface area contributed by atoms with Crippen molar-refractivity contribution in [3.8, 4) is 5.75 Å². The van der Waals surface area contributed by atoms with E-state index in [2.05, 4.69) is 36.1 Å². The van der Waals surface area contributed by atoms with E-state index in [1.807, 2.05) is 0 Å². The van der Waals surface area contributed by atoms with E-state index in [1.54, 1.807) is 25.3 Å². The molecule has 3 fully saturated rings. The van der Waals surface area contributed by atoms with Crippen molar-refractivity contribution in [2.45, 2.75) is 82.5 Å². The zero-order valence-corrected chi connectivity index (χ0v) is 23.4. The van der Waals surface area contributed by atoms with Gasteiger partial charge in [0.05, 0.1) is 19.0 Å². The van der Waals surface area contributed by atoms with Gasteiger partial charge in [0.15, 0.2) is 5.82 Å². The largest absolute Gasteiger partial charge is 0.495 e. The van der Waals surface area contributed by atoms with Crippen LogP contribution in [0.15, 0.2) is 24.4 Å². The number of nitrogens with one attached hydrogen (secondary N) is 4. The molecule has 1 saturated heterocycles. The van der Waals surface area contributed by atoms with Crippen molar-refractivity contribution >= 4 is 40.9 Å². The molecule has 0 bridgehead atoms. The molecule has 11 heteroatoms. The number of carbonyl (C=O) groups excluding carboxylic acids is 2. The van der Waals surface area contributed by atoms with Crippen molar-refractivity contribution < 1.29 is 14.3 Å². The predicted molar refractivity (Wildman–Crippen MR) is 152 cm³/mol. The second-order valence-electron chi connectivity index (χ2n) is 10.8. The molecule has 0 unspecified atom stereocenters. The molecule has 1 aliphatic heterocycles. The summed E-state index contributed by atoms with van der Waals surface area (Å²) in [5, 5.41) is 13.2. The molecule has 2 saturated carbocycles. The number of likely N-dealkylation sites (tertiary alicyclic amines) is 1. The number of halogens is 1. The van der Waals surface area contributed by atoms with E-state index in [0.29, 0.717) is 33.8 Å². The van der Waals surface area contributed by atoms with Crippen molar-refractivity contribution in [2.24, 2.45) is 0 Å². The molecule has 0 radical (unpaired) electrons. The molecule has 2 atom stereocenters. The number of carbonyl (C=O) groups is 2. The van der Waals surface area contributed by atoms with Gasteiger partial charge in [0.25, 0.3) is 5.91 Å². The fraction of sp³-hybridized carbons (Fsp3) is 0.571. The van der Waals surface area contributed by atoms with Crippen LogP contribution in [0.25, 0.3) is 0 Å². The van der Waals surface area contributed by atoms with E-state index in [0.717, 1.165) is 57.7 Å². The maximum Gasteiger partial charge on any atom is 0.251 e. The first-order valence-electron chi connectivity index (χ1n) is 14.0. The first-order valence-corrected chi connectivity index (χ1v) is 14.3. The lowest BCUT2D eigenvalue weighted by molar-refractivity contribution is -0.119. The van der Waals surface area contributed by atoms with Gasteiger partial charge in [-0.25, -0.2) is 4.98 Å². The smallest absolute Gasteiger partial charge is 0.251 e. The molecule has 2 heterocycles. The molecule has 5 rings (SSSR count). The maximum atomic E-state index is 13.0. The summed E-state index contributed by atoms with van der Waals surface area (Å²) in [6, 6.07) is 6.30. The molecule has 4 N–H and O–H groups in total. The Morgan fingerprint density at radius 1 is 1.03 bits per heavy atom. The Bertz CT molecular complexity index is 1180. The van der Waals surface area contributed by atoms with Crippen molar-refractivity contribution in [1.29, 1.82) is 0 Å². The lowest BCUT2D eigenvalue weighted by Gasteiger charge is -2.33. The third-order valence-corrected chi connectivity index (χ3v) is 8.14. The van der Waals surface area contributed by atoms with E-state index in [4.69, 9.17) is 16.3 Å². The third-order valence-electron chi connectivity index (χ3n) is 7.86. The van der Waals surface area contributed by atoms with Crippen LogP contribution < -0.4 is 26.0 Å². The lowest BCUT2D eigenvalue weighted by Crippen LogP contribution is -2.48. The minimum absolute atomic E-state index is 0.0169. The van der Waals surface area contributed by atoms with Gasteiger partial charge in [-0.15, -0.1) is 0 Å². The maximum absolute atomic E-state index is 13.0. The van der Waals surface area contributed by atoms with Gasteiger partial charge >= 0.3 is 0 Å². The molecule has 0 spiro atoms. The van der Waals surface area contributed by atoms with Crippen molar-refractivity contribution in [1.82, 2.24) is 25.5 Å². The highest BCUT2D eigenvalue weighted by Crippen LogP contribution is 2.31. The Morgan fingerprint density at radius 3 is 2.46 bits per heavy atom. The number of hydrogen-bond donors (Lipinski definition) is 4. The monoisotopic (exact) mass is 555 g/mol. The van der Waals surface area contributed by atoms with Crippen LogP contribution >= 0.6 is 11.6 Å². The molecule has 1 aromatic heterocycles. The molecule has 3 aliphatic rings. The first kappa shape index (κ1) is 27.5. The van der Waals surface area contributed by atoms with Gasteiger partial charge in [0.2, 0.25) is 11.9 Å². The predicted octanol–water partition coefficient (Wildman–Crippen LogP) is 4.10. The molecule has 210 valence electrons. The fourth-order valence-corrected chi connectivity index (χ4v) is 5.76. The van der Waals surface area contributed by atoms with Crippen LogP contribution in [-0.2, 0) is 4.79 Å². The third kappa shape index (κ3) is 7.10. The van der Waals surface area contributed by atoms with E-state index in [9.17, 15) is 9.59 Å². The Balaban J connectivity index is 1.23. The van der Waals surface area contributed by atoms with E-state index in [-0.39, 0.29) is 29.9 Å². The highest BCUT2D eigenvalue weighted by molar-refractivity contribution is 6.32. The summed E-state index contributed by atoms with van der Waals surface area (Å²) in [7, 11) is 1.57. The summed E-state index contributed by atoms with van der Waals surface area (Å²) in [5.74, 6) is 1.20. The molecular formula is C28H38ClN7O3. The molecule has 2 aliphatic carbocycles. The fourth-order valence-electron chi connectivity index (χ4n) is 5.62. The molecule has 10 nitrogen and oxygen atoms in total. The average molecular weight is 556 g/mol. The Labute approximate surface area is 234 Å². The van der Waals surface area contributed by atoms with Gasteiger partial charge in [-0.2, -0.15) is 4.98 Å². The van der Waals surface area contributed by atoms with Crippen LogP contribution in [0.1, 0.15) is 68.6 Å². The number of benzene rings is 1. The second-order valence-corrected chi connectivity index (χ2v) is 11.2. The number of aromatic nitrogens is 2. The van der Waals surface area contributed by atoms with E-state index < -0.39 is 0 Å². The van der Waals surface area contributed by atoms with Gasteiger partial charge in [-0.3, -0.25) is 9.59 Å². The molecule has 1 aromatic carbocycles. The number of amides is 2. The van der Waals surface area contributed by atoms with E-state index >= 15 is 0 Å². The Morgan fingerprint density at radius 2 is 1.77 bits per heavy atom. The van der Waals surface area contributed by atoms with Gasteiger partial charge < -0.3 is 30.9 Å². The average Bonchev–Trinajstić information content (AvgIpc) is 3.78. The van der Waals surface area contributed by atoms with Crippen LogP contribution in [0, 0.1) is 0 Å².